The lowest BCUT2D eigenvalue weighted by atomic mass is 9.56. The SMILES string of the molecule is N#CC1CC(F)CN1C(=O)CNC12CCC(C(=O)N3CCC(N4CCCCC4)CC3)(CC1)CC2. The third kappa shape index (κ3) is 4.58. The molecule has 2 unspecified atom stereocenters. The van der Waals surface area contributed by atoms with Gasteiger partial charge in [0.05, 0.1) is 19.2 Å². The van der Waals surface area contributed by atoms with Crippen molar-refractivity contribution in [1.29, 1.82) is 5.26 Å². The fraction of sp³-hybridized carbons (Fsp3) is 0.885. The van der Waals surface area contributed by atoms with Crippen molar-refractivity contribution in [3.05, 3.63) is 0 Å². The summed E-state index contributed by atoms with van der Waals surface area (Å²) in [5.74, 6) is 0.188. The van der Waals surface area contributed by atoms with Crippen molar-refractivity contribution in [1.82, 2.24) is 20.0 Å². The molecule has 3 saturated carbocycles. The van der Waals surface area contributed by atoms with E-state index in [0.717, 1.165) is 64.5 Å². The molecule has 0 aromatic rings. The van der Waals surface area contributed by atoms with Gasteiger partial charge in [0.25, 0.3) is 0 Å². The maximum Gasteiger partial charge on any atom is 0.237 e. The summed E-state index contributed by atoms with van der Waals surface area (Å²) >= 11 is 0. The predicted octanol–water partition coefficient (Wildman–Crippen LogP) is 2.61. The Bertz CT molecular complexity index is 790. The lowest BCUT2D eigenvalue weighted by Crippen LogP contribution is -2.61. The molecule has 7 nitrogen and oxygen atoms in total. The highest BCUT2D eigenvalue weighted by molar-refractivity contribution is 5.83. The van der Waals surface area contributed by atoms with Crippen molar-refractivity contribution >= 4 is 11.8 Å². The molecule has 34 heavy (non-hydrogen) atoms. The van der Waals surface area contributed by atoms with Crippen molar-refractivity contribution in [3.8, 4) is 6.07 Å². The molecule has 0 spiro atoms. The fourth-order valence-corrected chi connectivity index (χ4v) is 7.37. The zero-order valence-corrected chi connectivity index (χ0v) is 20.4. The molecule has 8 heteroatoms. The number of rotatable bonds is 5. The topological polar surface area (TPSA) is 79.7 Å². The van der Waals surface area contributed by atoms with Crippen LogP contribution in [0, 0.1) is 16.7 Å². The lowest BCUT2D eigenvalue weighted by Gasteiger charge is -2.54. The maximum absolute atomic E-state index is 13.7. The molecular formula is C26H40FN5O2. The number of amides is 2. The third-order valence-corrected chi connectivity index (χ3v) is 9.69. The summed E-state index contributed by atoms with van der Waals surface area (Å²) in [6.45, 7) is 4.41. The van der Waals surface area contributed by atoms with Gasteiger partial charge in [-0.1, -0.05) is 6.42 Å². The second-order valence-electron chi connectivity index (χ2n) is 11.6. The summed E-state index contributed by atoms with van der Waals surface area (Å²) in [5, 5.41) is 12.7. The van der Waals surface area contributed by atoms with Crippen LogP contribution >= 0.6 is 0 Å². The van der Waals surface area contributed by atoms with Gasteiger partial charge >= 0.3 is 0 Å². The molecule has 188 valence electrons. The molecule has 0 aromatic heterocycles. The van der Waals surface area contributed by atoms with Crippen LogP contribution in [0.5, 0.6) is 0 Å². The van der Waals surface area contributed by atoms with Gasteiger partial charge in [-0.05, 0) is 77.3 Å². The first-order valence-electron chi connectivity index (χ1n) is 13.6. The highest BCUT2D eigenvalue weighted by Crippen LogP contribution is 2.53. The van der Waals surface area contributed by atoms with E-state index in [-0.39, 0.29) is 36.4 Å². The molecule has 6 rings (SSSR count). The fourth-order valence-electron chi connectivity index (χ4n) is 7.37. The van der Waals surface area contributed by atoms with Crippen molar-refractivity contribution < 1.29 is 14.0 Å². The Morgan fingerprint density at radius 1 is 0.971 bits per heavy atom. The van der Waals surface area contributed by atoms with Crippen LogP contribution in [-0.4, -0.2) is 89.6 Å². The van der Waals surface area contributed by atoms with Crippen molar-refractivity contribution in [2.75, 3.05) is 39.3 Å². The van der Waals surface area contributed by atoms with E-state index in [1.807, 2.05) is 0 Å². The van der Waals surface area contributed by atoms with Crippen LogP contribution in [0.3, 0.4) is 0 Å². The molecule has 2 atom stereocenters. The van der Waals surface area contributed by atoms with E-state index >= 15 is 0 Å². The third-order valence-electron chi connectivity index (χ3n) is 9.69. The first kappa shape index (κ1) is 24.0. The molecule has 1 N–H and O–H groups in total. The van der Waals surface area contributed by atoms with E-state index < -0.39 is 12.2 Å². The molecule has 3 heterocycles. The number of hydrogen-bond acceptors (Lipinski definition) is 5. The highest BCUT2D eigenvalue weighted by atomic mass is 19.1. The minimum atomic E-state index is -1.10. The predicted molar refractivity (Wildman–Crippen MR) is 127 cm³/mol. The first-order chi connectivity index (χ1) is 16.4. The van der Waals surface area contributed by atoms with Crippen LogP contribution in [-0.2, 0) is 9.59 Å². The molecule has 2 bridgehead atoms. The Balaban J connectivity index is 1.11. The molecule has 3 saturated heterocycles. The van der Waals surface area contributed by atoms with Gasteiger partial charge in [-0.3, -0.25) is 9.59 Å². The zero-order chi connectivity index (χ0) is 23.8. The second kappa shape index (κ2) is 9.73. The molecule has 0 radical (unpaired) electrons. The summed E-state index contributed by atoms with van der Waals surface area (Å²) in [7, 11) is 0. The highest BCUT2D eigenvalue weighted by Gasteiger charge is 2.53. The van der Waals surface area contributed by atoms with E-state index in [9.17, 15) is 19.2 Å². The van der Waals surface area contributed by atoms with Gasteiger partial charge in [0.1, 0.15) is 12.2 Å². The van der Waals surface area contributed by atoms with Gasteiger partial charge in [-0.15, -0.1) is 0 Å². The molecule has 3 aliphatic carbocycles. The quantitative estimate of drug-likeness (QED) is 0.664. The van der Waals surface area contributed by atoms with E-state index in [1.54, 1.807) is 0 Å². The van der Waals surface area contributed by atoms with Crippen molar-refractivity contribution in [2.24, 2.45) is 5.41 Å². The van der Waals surface area contributed by atoms with E-state index in [4.69, 9.17) is 0 Å². The molecule has 6 fully saturated rings. The maximum atomic E-state index is 13.7. The monoisotopic (exact) mass is 473 g/mol. The van der Waals surface area contributed by atoms with E-state index in [1.165, 1.54) is 37.3 Å². The number of halogens is 1. The number of nitrogens with zero attached hydrogens (tertiary/aromatic N) is 4. The zero-order valence-electron chi connectivity index (χ0n) is 20.4. The van der Waals surface area contributed by atoms with Crippen molar-refractivity contribution in [3.63, 3.8) is 0 Å². The molecule has 0 aromatic carbocycles. The average Bonchev–Trinajstić information content (AvgIpc) is 3.29. The minimum Gasteiger partial charge on any atom is -0.342 e. The van der Waals surface area contributed by atoms with Crippen LogP contribution in [0.15, 0.2) is 0 Å². The van der Waals surface area contributed by atoms with Crippen LogP contribution in [0.4, 0.5) is 4.39 Å². The summed E-state index contributed by atoms with van der Waals surface area (Å²) in [6, 6.07) is 2.06. The van der Waals surface area contributed by atoms with Gasteiger partial charge in [-0.2, -0.15) is 5.26 Å². The smallest absolute Gasteiger partial charge is 0.237 e. The molecule has 6 aliphatic rings. The standard InChI is InChI=1S/C26H40FN5O2/c27-20-16-22(17-28)32(19-20)23(33)18-29-26-9-6-25(7-10-26,8-11-26)24(34)31-14-4-21(5-15-31)30-12-2-1-3-13-30/h20-22,29H,1-16,18-19H2. The Morgan fingerprint density at radius 3 is 2.24 bits per heavy atom. The van der Waals surface area contributed by atoms with Crippen LogP contribution in [0.25, 0.3) is 0 Å². The van der Waals surface area contributed by atoms with Crippen LogP contribution in [0.2, 0.25) is 0 Å². The Hall–Kier alpha value is -1.72. The summed E-state index contributed by atoms with van der Waals surface area (Å²) in [5.41, 5.74) is -0.316. The normalized spacial score (nSPS) is 37.1. The number of carbonyl (C=O) groups is 2. The van der Waals surface area contributed by atoms with E-state index in [2.05, 4.69) is 21.2 Å². The number of nitrogens with one attached hydrogen (secondary N) is 1. The lowest BCUT2D eigenvalue weighted by molar-refractivity contribution is -0.152. The number of alkyl halides is 1. The average molecular weight is 474 g/mol. The van der Waals surface area contributed by atoms with Gasteiger partial charge in [0, 0.05) is 36.5 Å². The number of nitriles is 1. The second-order valence-corrected chi connectivity index (χ2v) is 11.6. The molecular weight excluding hydrogens is 433 g/mol. The van der Waals surface area contributed by atoms with Crippen LogP contribution < -0.4 is 5.32 Å². The number of hydrogen-bond donors (Lipinski definition) is 1. The number of fused-ring (bicyclic) bond motifs is 3. The number of carbonyl (C=O) groups excluding carboxylic acids is 2. The van der Waals surface area contributed by atoms with Gasteiger partial charge in [0.2, 0.25) is 11.8 Å². The Labute approximate surface area is 203 Å². The molecule has 2 amide bonds. The number of piperidine rings is 2. The largest absolute Gasteiger partial charge is 0.342 e. The number of likely N-dealkylation sites (tertiary alicyclic amines) is 3. The first-order valence-corrected chi connectivity index (χ1v) is 13.6. The Morgan fingerprint density at radius 2 is 1.62 bits per heavy atom. The Kier molecular flexibility index (Phi) is 6.87. The summed E-state index contributed by atoms with van der Waals surface area (Å²) in [6.07, 6.45) is 10.6. The van der Waals surface area contributed by atoms with Gasteiger partial charge < -0.3 is 20.0 Å². The van der Waals surface area contributed by atoms with Gasteiger partial charge in [0.15, 0.2) is 0 Å². The van der Waals surface area contributed by atoms with Crippen molar-refractivity contribution in [2.45, 2.75) is 101 Å². The molecule has 3 aliphatic heterocycles. The van der Waals surface area contributed by atoms with Crippen LogP contribution in [0.1, 0.15) is 77.0 Å². The minimum absolute atomic E-state index is 0.0256. The van der Waals surface area contributed by atoms with E-state index in [0.29, 0.717) is 11.9 Å². The van der Waals surface area contributed by atoms with Gasteiger partial charge in [-0.25, -0.2) is 4.39 Å². The summed E-state index contributed by atoms with van der Waals surface area (Å²) in [4.78, 5) is 32.5. The summed E-state index contributed by atoms with van der Waals surface area (Å²) < 4.78 is 13.7.